The fraction of sp³-hybridized carbons (Fsp3) is 0.438. The summed E-state index contributed by atoms with van der Waals surface area (Å²) in [6.07, 6.45) is -0.197. The summed E-state index contributed by atoms with van der Waals surface area (Å²) in [6.45, 7) is 5.91. The summed E-state index contributed by atoms with van der Waals surface area (Å²) in [6, 6.07) is 6.63. The molecule has 0 saturated carbocycles. The van der Waals surface area contributed by atoms with E-state index in [-0.39, 0.29) is 18.1 Å². The number of carbonyl (C=O) groups excluding carboxylic acids is 3. The Bertz CT molecular complexity index is 607. The lowest BCUT2D eigenvalue weighted by Crippen LogP contribution is -2.51. The summed E-state index contributed by atoms with van der Waals surface area (Å²) in [4.78, 5) is 36.9. The molecule has 7 heteroatoms. The van der Waals surface area contributed by atoms with Gasteiger partial charge in [-0.15, -0.1) is 0 Å². The highest BCUT2D eigenvalue weighted by Gasteiger charge is 2.29. The molecule has 0 bridgehead atoms. The molecule has 2 atom stereocenters. The van der Waals surface area contributed by atoms with E-state index in [9.17, 15) is 14.4 Å². The second-order valence-electron chi connectivity index (χ2n) is 5.68. The lowest BCUT2D eigenvalue weighted by molar-refractivity contribution is -0.151. The lowest BCUT2D eigenvalue weighted by Gasteiger charge is -2.34. The third-order valence-electron chi connectivity index (χ3n) is 3.34. The van der Waals surface area contributed by atoms with Crippen LogP contribution in [-0.2, 0) is 19.1 Å². The topological polar surface area (TPSA) is 87.7 Å². The molecule has 3 amide bonds. The number of morpholine rings is 1. The Morgan fingerprint density at radius 2 is 1.65 bits per heavy atom. The zero-order chi connectivity index (χ0) is 17.0. The van der Waals surface area contributed by atoms with Crippen LogP contribution in [0.2, 0.25) is 0 Å². The highest BCUT2D eigenvalue weighted by atomic mass is 16.5. The van der Waals surface area contributed by atoms with E-state index in [1.54, 1.807) is 24.3 Å². The van der Waals surface area contributed by atoms with Crippen LogP contribution >= 0.6 is 0 Å². The van der Waals surface area contributed by atoms with Crippen molar-refractivity contribution in [2.75, 3.05) is 23.7 Å². The van der Waals surface area contributed by atoms with Gasteiger partial charge < -0.3 is 20.3 Å². The molecule has 1 aliphatic rings. The van der Waals surface area contributed by atoms with Crippen LogP contribution in [0.1, 0.15) is 20.8 Å². The smallest absolute Gasteiger partial charge is 0.313 e. The molecule has 0 radical (unpaired) electrons. The van der Waals surface area contributed by atoms with E-state index in [1.165, 1.54) is 11.8 Å². The van der Waals surface area contributed by atoms with Crippen LogP contribution in [0.4, 0.5) is 11.4 Å². The number of anilines is 2. The molecule has 23 heavy (non-hydrogen) atoms. The molecule has 124 valence electrons. The number of amides is 3. The summed E-state index contributed by atoms with van der Waals surface area (Å²) in [7, 11) is 0. The van der Waals surface area contributed by atoms with Gasteiger partial charge >= 0.3 is 11.8 Å². The minimum absolute atomic E-state index is 0.0985. The van der Waals surface area contributed by atoms with E-state index in [1.807, 2.05) is 13.8 Å². The molecular weight excluding hydrogens is 298 g/mol. The maximum atomic E-state index is 12.2. The largest absolute Gasteiger partial charge is 0.372 e. The fourth-order valence-electron chi connectivity index (χ4n) is 2.55. The SMILES string of the molecule is CC(=O)Nc1cccc(NC(=O)C(=O)N2CC(C)OC(C)C2)c1. The second kappa shape index (κ2) is 7.23. The molecule has 1 aromatic carbocycles. The van der Waals surface area contributed by atoms with Gasteiger partial charge in [0.25, 0.3) is 0 Å². The first-order valence-corrected chi connectivity index (χ1v) is 7.48. The van der Waals surface area contributed by atoms with E-state index >= 15 is 0 Å². The second-order valence-corrected chi connectivity index (χ2v) is 5.68. The first-order chi connectivity index (χ1) is 10.8. The molecule has 2 rings (SSSR count). The Hall–Kier alpha value is -2.41. The highest BCUT2D eigenvalue weighted by molar-refractivity contribution is 6.39. The van der Waals surface area contributed by atoms with E-state index in [4.69, 9.17) is 4.74 Å². The Labute approximate surface area is 135 Å². The standard InChI is InChI=1S/C16H21N3O4/c1-10-8-19(9-11(2)23-10)16(22)15(21)18-14-6-4-5-13(7-14)17-12(3)20/h4-7,10-11H,8-9H2,1-3H3,(H,17,20)(H,18,21). The zero-order valence-corrected chi connectivity index (χ0v) is 13.5. The van der Waals surface area contributed by atoms with Crippen molar-refractivity contribution < 1.29 is 19.1 Å². The van der Waals surface area contributed by atoms with Crippen LogP contribution in [-0.4, -0.2) is 47.9 Å². The molecule has 0 spiro atoms. The van der Waals surface area contributed by atoms with Crippen molar-refractivity contribution in [2.24, 2.45) is 0 Å². The third-order valence-corrected chi connectivity index (χ3v) is 3.34. The number of nitrogens with one attached hydrogen (secondary N) is 2. The van der Waals surface area contributed by atoms with Gasteiger partial charge in [-0.3, -0.25) is 14.4 Å². The molecule has 2 N–H and O–H groups in total. The molecular formula is C16H21N3O4. The van der Waals surface area contributed by atoms with Crippen molar-refractivity contribution in [3.63, 3.8) is 0 Å². The maximum absolute atomic E-state index is 12.2. The number of nitrogens with zero attached hydrogens (tertiary/aromatic N) is 1. The van der Waals surface area contributed by atoms with E-state index in [0.717, 1.165) is 0 Å². The van der Waals surface area contributed by atoms with E-state index in [0.29, 0.717) is 24.5 Å². The predicted octanol–water partition coefficient (Wildman–Crippen LogP) is 1.22. The normalized spacial score (nSPS) is 20.7. The molecule has 1 saturated heterocycles. The maximum Gasteiger partial charge on any atom is 0.313 e. The van der Waals surface area contributed by atoms with Crippen molar-refractivity contribution in [3.05, 3.63) is 24.3 Å². The Morgan fingerprint density at radius 1 is 1.09 bits per heavy atom. The molecule has 0 aromatic heterocycles. The van der Waals surface area contributed by atoms with Gasteiger partial charge in [0.15, 0.2) is 0 Å². The summed E-state index contributed by atoms with van der Waals surface area (Å²) >= 11 is 0. The van der Waals surface area contributed by atoms with Crippen molar-refractivity contribution in [1.29, 1.82) is 0 Å². The van der Waals surface area contributed by atoms with Gasteiger partial charge in [0, 0.05) is 31.4 Å². The summed E-state index contributed by atoms with van der Waals surface area (Å²) in [5, 5.41) is 5.18. The Balaban J connectivity index is 2.01. The molecule has 1 aliphatic heterocycles. The lowest BCUT2D eigenvalue weighted by atomic mass is 10.2. The first kappa shape index (κ1) is 17.0. The van der Waals surface area contributed by atoms with Crippen molar-refractivity contribution in [1.82, 2.24) is 4.90 Å². The van der Waals surface area contributed by atoms with Gasteiger partial charge in [-0.05, 0) is 32.0 Å². The van der Waals surface area contributed by atoms with Gasteiger partial charge in [-0.1, -0.05) is 6.07 Å². The van der Waals surface area contributed by atoms with Crippen molar-refractivity contribution in [3.8, 4) is 0 Å². The number of ether oxygens (including phenoxy) is 1. The van der Waals surface area contributed by atoms with Crippen LogP contribution < -0.4 is 10.6 Å². The fourth-order valence-corrected chi connectivity index (χ4v) is 2.55. The molecule has 2 unspecified atom stereocenters. The van der Waals surface area contributed by atoms with Crippen LogP contribution in [0, 0.1) is 0 Å². The molecule has 1 aromatic rings. The average molecular weight is 319 g/mol. The van der Waals surface area contributed by atoms with Crippen LogP contribution in [0.5, 0.6) is 0 Å². The molecule has 7 nitrogen and oxygen atoms in total. The van der Waals surface area contributed by atoms with E-state index < -0.39 is 11.8 Å². The predicted molar refractivity (Wildman–Crippen MR) is 86.0 cm³/mol. The number of benzene rings is 1. The summed E-state index contributed by atoms with van der Waals surface area (Å²) < 4.78 is 5.55. The van der Waals surface area contributed by atoms with Gasteiger partial charge in [0.05, 0.1) is 12.2 Å². The Morgan fingerprint density at radius 3 is 2.22 bits per heavy atom. The highest BCUT2D eigenvalue weighted by Crippen LogP contribution is 2.16. The third kappa shape index (κ3) is 4.79. The minimum atomic E-state index is -0.703. The molecule has 0 aliphatic carbocycles. The zero-order valence-electron chi connectivity index (χ0n) is 13.5. The van der Waals surface area contributed by atoms with Crippen LogP contribution in [0.15, 0.2) is 24.3 Å². The van der Waals surface area contributed by atoms with Crippen LogP contribution in [0.3, 0.4) is 0 Å². The average Bonchev–Trinajstić information content (AvgIpc) is 2.45. The quantitative estimate of drug-likeness (QED) is 0.802. The molecule has 1 heterocycles. The summed E-state index contributed by atoms with van der Waals surface area (Å²) in [5.74, 6) is -1.50. The number of rotatable bonds is 2. The van der Waals surface area contributed by atoms with Gasteiger partial charge in [-0.2, -0.15) is 0 Å². The number of carbonyl (C=O) groups is 3. The number of hydrogen-bond acceptors (Lipinski definition) is 4. The van der Waals surface area contributed by atoms with Crippen molar-refractivity contribution >= 4 is 29.1 Å². The summed E-state index contributed by atoms with van der Waals surface area (Å²) in [5.41, 5.74) is 1.00. The van der Waals surface area contributed by atoms with Crippen LogP contribution in [0.25, 0.3) is 0 Å². The van der Waals surface area contributed by atoms with Gasteiger partial charge in [0.2, 0.25) is 5.91 Å². The van der Waals surface area contributed by atoms with Crippen molar-refractivity contribution in [2.45, 2.75) is 33.0 Å². The monoisotopic (exact) mass is 319 g/mol. The van der Waals surface area contributed by atoms with E-state index in [2.05, 4.69) is 10.6 Å². The van der Waals surface area contributed by atoms with Gasteiger partial charge in [-0.25, -0.2) is 0 Å². The molecule has 1 fully saturated rings. The number of hydrogen-bond donors (Lipinski definition) is 2. The minimum Gasteiger partial charge on any atom is -0.372 e. The Kier molecular flexibility index (Phi) is 5.33. The van der Waals surface area contributed by atoms with Gasteiger partial charge in [0.1, 0.15) is 0 Å². The first-order valence-electron chi connectivity index (χ1n) is 7.48.